The van der Waals surface area contributed by atoms with Crippen LogP contribution in [-0.2, 0) is 11.3 Å². The third-order valence-corrected chi connectivity index (χ3v) is 7.12. The molecule has 1 amide bonds. The number of piperidine rings is 1. The van der Waals surface area contributed by atoms with Crippen molar-refractivity contribution < 1.29 is 9.53 Å². The predicted molar refractivity (Wildman–Crippen MR) is 119 cm³/mol. The van der Waals surface area contributed by atoms with Crippen molar-refractivity contribution in [3.8, 4) is 5.75 Å². The first-order valence-electron chi connectivity index (χ1n) is 11.1. The van der Waals surface area contributed by atoms with E-state index in [1.165, 1.54) is 11.1 Å². The molecule has 30 heavy (non-hydrogen) atoms. The van der Waals surface area contributed by atoms with E-state index in [2.05, 4.69) is 60.0 Å². The van der Waals surface area contributed by atoms with Gasteiger partial charge in [0.25, 0.3) is 0 Å². The van der Waals surface area contributed by atoms with Gasteiger partial charge in [0.15, 0.2) is 0 Å². The molecule has 0 radical (unpaired) electrons. The number of rotatable bonds is 5. The number of anilines is 1. The maximum atomic E-state index is 12.5. The average molecular weight is 406 g/mol. The molecule has 0 aromatic heterocycles. The number of amides is 1. The molecular weight excluding hydrogens is 374 g/mol. The average Bonchev–Trinajstić information content (AvgIpc) is 3.58. The second kappa shape index (κ2) is 7.71. The lowest BCUT2D eigenvalue weighted by molar-refractivity contribution is -0.119. The number of carbonyl (C=O) groups excluding carboxylic acids is 1. The van der Waals surface area contributed by atoms with Gasteiger partial charge in [-0.3, -0.25) is 4.79 Å². The zero-order chi connectivity index (χ0) is 20.8. The highest BCUT2D eigenvalue weighted by molar-refractivity contribution is 6.01. The van der Waals surface area contributed by atoms with Gasteiger partial charge in [0, 0.05) is 48.9 Å². The SMILES string of the molecule is COc1cc2c(cc1CN[C@@H]1CC[C@@H](C)N[C@@H]1c1ccccc1)N(C)C(=O)[C@H]1C[C@@H]21. The van der Waals surface area contributed by atoms with Gasteiger partial charge in [-0.25, -0.2) is 0 Å². The van der Waals surface area contributed by atoms with Crippen LogP contribution in [0.2, 0.25) is 0 Å². The van der Waals surface area contributed by atoms with Gasteiger partial charge in [-0.1, -0.05) is 30.3 Å². The maximum absolute atomic E-state index is 12.5. The van der Waals surface area contributed by atoms with Crippen LogP contribution in [-0.4, -0.2) is 32.1 Å². The van der Waals surface area contributed by atoms with Gasteiger partial charge >= 0.3 is 0 Å². The van der Waals surface area contributed by atoms with Crippen molar-refractivity contribution in [3.63, 3.8) is 0 Å². The molecule has 2 aromatic carbocycles. The van der Waals surface area contributed by atoms with E-state index >= 15 is 0 Å². The third kappa shape index (κ3) is 3.40. The molecule has 5 atom stereocenters. The molecule has 2 N–H and O–H groups in total. The summed E-state index contributed by atoms with van der Waals surface area (Å²) in [4.78, 5) is 14.3. The Morgan fingerprint density at radius 2 is 1.97 bits per heavy atom. The van der Waals surface area contributed by atoms with E-state index in [4.69, 9.17) is 4.74 Å². The fourth-order valence-corrected chi connectivity index (χ4v) is 5.27. The molecule has 1 saturated heterocycles. The summed E-state index contributed by atoms with van der Waals surface area (Å²) in [6.07, 6.45) is 3.26. The van der Waals surface area contributed by atoms with E-state index in [1.54, 1.807) is 7.11 Å². The van der Waals surface area contributed by atoms with E-state index in [-0.39, 0.29) is 17.9 Å². The zero-order valence-electron chi connectivity index (χ0n) is 18.0. The molecule has 5 nitrogen and oxygen atoms in total. The number of hydrogen-bond acceptors (Lipinski definition) is 4. The maximum Gasteiger partial charge on any atom is 0.230 e. The number of nitrogens with one attached hydrogen (secondary N) is 2. The molecule has 1 aliphatic carbocycles. The summed E-state index contributed by atoms with van der Waals surface area (Å²) in [6, 6.07) is 16.2. The van der Waals surface area contributed by atoms with E-state index in [9.17, 15) is 4.79 Å². The van der Waals surface area contributed by atoms with Crippen molar-refractivity contribution in [3.05, 3.63) is 59.2 Å². The standard InChI is InChI=1S/C25H31N3O2/c1-15-9-10-21(24(27-15)16-7-5-4-6-8-16)26-14-17-11-22-19(13-23(17)30-3)18-12-20(18)25(29)28(22)2/h4-8,11,13,15,18,20-21,24,26-27H,9-10,12,14H2,1-3H3/t15-,18+,20+,21-,24-/m1/s1. The number of methoxy groups -OCH3 is 1. The molecule has 158 valence electrons. The quantitative estimate of drug-likeness (QED) is 0.796. The second-order valence-corrected chi connectivity index (χ2v) is 9.09. The van der Waals surface area contributed by atoms with Crippen LogP contribution in [0.4, 0.5) is 5.69 Å². The molecular formula is C25H31N3O2. The lowest BCUT2D eigenvalue weighted by Gasteiger charge is -2.37. The normalized spacial score (nSPS) is 29.9. The van der Waals surface area contributed by atoms with E-state index in [0.29, 0.717) is 18.0 Å². The Kier molecular flexibility index (Phi) is 5.03. The lowest BCUT2D eigenvalue weighted by atomic mass is 9.89. The van der Waals surface area contributed by atoms with Crippen molar-refractivity contribution in [2.75, 3.05) is 19.1 Å². The first-order valence-corrected chi connectivity index (χ1v) is 11.1. The Bertz CT molecular complexity index is 945. The fourth-order valence-electron chi connectivity index (χ4n) is 5.27. The molecule has 2 aromatic rings. The Morgan fingerprint density at radius 1 is 1.17 bits per heavy atom. The number of hydrogen-bond donors (Lipinski definition) is 2. The van der Waals surface area contributed by atoms with Crippen molar-refractivity contribution in [2.45, 2.75) is 56.8 Å². The van der Waals surface area contributed by atoms with Crippen LogP contribution in [0.3, 0.4) is 0 Å². The lowest BCUT2D eigenvalue weighted by Crippen LogP contribution is -2.49. The first kappa shape index (κ1) is 19.6. The highest BCUT2D eigenvalue weighted by Gasteiger charge is 2.50. The minimum atomic E-state index is 0.179. The number of carbonyl (C=O) groups is 1. The summed E-state index contributed by atoms with van der Waals surface area (Å²) in [6.45, 7) is 2.98. The summed E-state index contributed by atoms with van der Waals surface area (Å²) in [7, 11) is 3.64. The fraction of sp³-hybridized carbons (Fsp3) is 0.480. The van der Waals surface area contributed by atoms with Crippen LogP contribution in [0, 0.1) is 5.92 Å². The molecule has 2 heterocycles. The van der Waals surface area contributed by atoms with Crippen molar-refractivity contribution in [1.82, 2.24) is 10.6 Å². The van der Waals surface area contributed by atoms with Gasteiger partial charge in [0.2, 0.25) is 5.91 Å². The van der Waals surface area contributed by atoms with Crippen LogP contribution in [0.25, 0.3) is 0 Å². The smallest absolute Gasteiger partial charge is 0.230 e. The Morgan fingerprint density at radius 3 is 2.73 bits per heavy atom. The predicted octanol–water partition coefficient (Wildman–Crippen LogP) is 3.75. The number of ether oxygens (including phenoxy) is 1. The summed E-state index contributed by atoms with van der Waals surface area (Å²) in [5.74, 6) is 1.73. The molecule has 0 unspecified atom stereocenters. The topological polar surface area (TPSA) is 53.6 Å². The van der Waals surface area contributed by atoms with E-state index in [1.807, 2.05) is 11.9 Å². The molecule has 2 fully saturated rings. The van der Waals surface area contributed by atoms with Crippen LogP contribution < -0.4 is 20.3 Å². The van der Waals surface area contributed by atoms with Crippen molar-refractivity contribution in [2.24, 2.45) is 5.92 Å². The van der Waals surface area contributed by atoms with Gasteiger partial charge < -0.3 is 20.3 Å². The number of benzene rings is 2. The van der Waals surface area contributed by atoms with Gasteiger partial charge in [0.1, 0.15) is 5.75 Å². The first-order chi connectivity index (χ1) is 14.6. The second-order valence-electron chi connectivity index (χ2n) is 9.09. The highest BCUT2D eigenvalue weighted by Crippen LogP contribution is 2.56. The van der Waals surface area contributed by atoms with Gasteiger partial charge in [-0.05, 0) is 55.4 Å². The van der Waals surface area contributed by atoms with E-state index in [0.717, 1.165) is 42.8 Å². The van der Waals surface area contributed by atoms with Crippen LogP contribution in [0.1, 0.15) is 54.8 Å². The monoisotopic (exact) mass is 405 g/mol. The summed E-state index contributed by atoms with van der Waals surface area (Å²) < 4.78 is 5.75. The molecule has 1 saturated carbocycles. The number of nitrogens with zero attached hydrogens (tertiary/aromatic N) is 1. The molecule has 0 spiro atoms. The largest absolute Gasteiger partial charge is 0.496 e. The summed E-state index contributed by atoms with van der Waals surface area (Å²) >= 11 is 0. The van der Waals surface area contributed by atoms with Crippen LogP contribution in [0.15, 0.2) is 42.5 Å². The Balaban J connectivity index is 1.38. The van der Waals surface area contributed by atoms with Gasteiger partial charge in [0.05, 0.1) is 7.11 Å². The van der Waals surface area contributed by atoms with Crippen molar-refractivity contribution >= 4 is 11.6 Å². The third-order valence-electron chi connectivity index (χ3n) is 7.12. The minimum absolute atomic E-state index is 0.179. The van der Waals surface area contributed by atoms with Gasteiger partial charge in [-0.2, -0.15) is 0 Å². The molecule has 2 aliphatic heterocycles. The van der Waals surface area contributed by atoms with E-state index < -0.39 is 0 Å². The Labute approximate surface area is 178 Å². The van der Waals surface area contributed by atoms with Crippen LogP contribution in [0.5, 0.6) is 5.75 Å². The van der Waals surface area contributed by atoms with Crippen molar-refractivity contribution in [1.29, 1.82) is 0 Å². The summed E-state index contributed by atoms with van der Waals surface area (Å²) in [5, 5.41) is 7.57. The minimum Gasteiger partial charge on any atom is -0.496 e. The van der Waals surface area contributed by atoms with Gasteiger partial charge in [-0.15, -0.1) is 0 Å². The zero-order valence-corrected chi connectivity index (χ0v) is 18.0. The molecule has 5 heteroatoms. The highest BCUT2D eigenvalue weighted by atomic mass is 16.5. The molecule has 5 rings (SSSR count). The molecule has 0 bridgehead atoms. The van der Waals surface area contributed by atoms with Crippen LogP contribution >= 0.6 is 0 Å². The summed E-state index contributed by atoms with van der Waals surface area (Å²) in [5.41, 5.74) is 4.74. The molecule has 3 aliphatic rings. The number of fused-ring (bicyclic) bond motifs is 3. The Hall–Kier alpha value is -2.37.